The van der Waals surface area contributed by atoms with Gasteiger partial charge in [-0.3, -0.25) is 4.79 Å². The van der Waals surface area contributed by atoms with E-state index in [-0.39, 0.29) is 11.9 Å². The lowest BCUT2D eigenvalue weighted by Gasteiger charge is -2.21. The van der Waals surface area contributed by atoms with Crippen LogP contribution >= 0.6 is 11.3 Å². The van der Waals surface area contributed by atoms with Crippen molar-refractivity contribution in [1.82, 2.24) is 15.2 Å². The second kappa shape index (κ2) is 5.27. The average molecular weight is 275 g/mol. The molecular formula is C14H17N3OS. The summed E-state index contributed by atoms with van der Waals surface area (Å²) in [6, 6.07) is 8.02. The first-order valence-electron chi connectivity index (χ1n) is 6.60. The predicted octanol–water partition coefficient (Wildman–Crippen LogP) is 2.01. The number of nitrogens with one attached hydrogen (secondary N) is 1. The first-order valence-corrected chi connectivity index (χ1v) is 7.42. The highest BCUT2D eigenvalue weighted by molar-refractivity contribution is 7.18. The molecule has 1 saturated heterocycles. The van der Waals surface area contributed by atoms with Gasteiger partial charge in [0.15, 0.2) is 0 Å². The summed E-state index contributed by atoms with van der Waals surface area (Å²) in [4.78, 5) is 18.7. The van der Waals surface area contributed by atoms with Gasteiger partial charge in [0.2, 0.25) is 5.91 Å². The fourth-order valence-electron chi connectivity index (χ4n) is 2.37. The molecule has 2 heterocycles. The lowest BCUT2D eigenvalue weighted by Crippen LogP contribution is -2.41. The van der Waals surface area contributed by atoms with Crippen LogP contribution in [-0.2, 0) is 11.3 Å². The standard InChI is InChI=1S/C14H17N3OS/c1-10-14(18)17(8-4-7-15-10)9-13-16-11-5-2-3-6-12(11)19-13/h2-3,5-6,10,15H,4,7-9H2,1H3. The lowest BCUT2D eigenvalue weighted by atomic mass is 10.3. The molecule has 1 N–H and O–H groups in total. The molecular weight excluding hydrogens is 258 g/mol. The van der Waals surface area contributed by atoms with Crippen LogP contribution in [0.2, 0.25) is 0 Å². The van der Waals surface area contributed by atoms with Crippen molar-refractivity contribution in [3.05, 3.63) is 29.3 Å². The Morgan fingerprint density at radius 3 is 3.16 bits per heavy atom. The van der Waals surface area contributed by atoms with Crippen LogP contribution in [0.15, 0.2) is 24.3 Å². The normalized spacial score (nSPS) is 20.8. The summed E-state index contributed by atoms with van der Waals surface area (Å²) in [5.41, 5.74) is 1.02. The number of amides is 1. The van der Waals surface area contributed by atoms with Gasteiger partial charge in [-0.2, -0.15) is 0 Å². The molecule has 1 unspecified atom stereocenters. The molecule has 0 spiro atoms. The largest absolute Gasteiger partial charge is 0.335 e. The van der Waals surface area contributed by atoms with Crippen molar-refractivity contribution in [3.8, 4) is 0 Å². The number of fused-ring (bicyclic) bond motifs is 1. The Morgan fingerprint density at radius 1 is 1.47 bits per heavy atom. The Hall–Kier alpha value is -1.46. The van der Waals surface area contributed by atoms with E-state index in [1.54, 1.807) is 11.3 Å². The minimum atomic E-state index is -0.0862. The van der Waals surface area contributed by atoms with Crippen LogP contribution in [-0.4, -0.2) is 34.9 Å². The van der Waals surface area contributed by atoms with E-state index in [0.29, 0.717) is 6.54 Å². The zero-order valence-corrected chi connectivity index (χ0v) is 11.7. The summed E-state index contributed by atoms with van der Waals surface area (Å²) >= 11 is 1.68. The van der Waals surface area contributed by atoms with Crippen molar-refractivity contribution < 1.29 is 4.79 Å². The van der Waals surface area contributed by atoms with Crippen LogP contribution in [0.25, 0.3) is 10.2 Å². The van der Waals surface area contributed by atoms with E-state index in [9.17, 15) is 4.79 Å². The second-order valence-electron chi connectivity index (χ2n) is 4.86. The van der Waals surface area contributed by atoms with E-state index < -0.39 is 0 Å². The van der Waals surface area contributed by atoms with Crippen LogP contribution in [0, 0.1) is 0 Å². The van der Waals surface area contributed by atoms with E-state index in [1.165, 1.54) is 4.70 Å². The zero-order chi connectivity index (χ0) is 13.2. The number of rotatable bonds is 2. The SMILES string of the molecule is CC1NCCCN(Cc2nc3ccccc3s2)C1=O. The molecule has 0 saturated carbocycles. The number of benzene rings is 1. The smallest absolute Gasteiger partial charge is 0.239 e. The molecule has 5 heteroatoms. The fraction of sp³-hybridized carbons (Fsp3) is 0.429. The summed E-state index contributed by atoms with van der Waals surface area (Å²) in [6.45, 7) is 4.28. The van der Waals surface area contributed by atoms with Crippen molar-refractivity contribution in [2.45, 2.75) is 25.9 Å². The molecule has 0 bridgehead atoms. The van der Waals surface area contributed by atoms with E-state index in [2.05, 4.69) is 16.4 Å². The Balaban J connectivity index is 1.81. The van der Waals surface area contributed by atoms with Crippen LogP contribution in [0.5, 0.6) is 0 Å². The quantitative estimate of drug-likeness (QED) is 0.912. The molecule has 1 aliphatic rings. The van der Waals surface area contributed by atoms with Crippen molar-refractivity contribution >= 4 is 27.5 Å². The van der Waals surface area contributed by atoms with E-state index in [4.69, 9.17) is 0 Å². The zero-order valence-electron chi connectivity index (χ0n) is 10.9. The first-order chi connectivity index (χ1) is 9.24. The van der Waals surface area contributed by atoms with Gasteiger partial charge in [0, 0.05) is 6.54 Å². The van der Waals surface area contributed by atoms with Gasteiger partial charge in [-0.25, -0.2) is 4.98 Å². The predicted molar refractivity (Wildman–Crippen MR) is 77.1 cm³/mol. The molecule has 4 nitrogen and oxygen atoms in total. The number of carbonyl (C=O) groups is 1. The van der Waals surface area contributed by atoms with Crippen molar-refractivity contribution in [2.24, 2.45) is 0 Å². The molecule has 1 aromatic heterocycles. The molecule has 0 radical (unpaired) electrons. The van der Waals surface area contributed by atoms with Crippen LogP contribution in [0.1, 0.15) is 18.4 Å². The minimum absolute atomic E-state index is 0.0862. The topological polar surface area (TPSA) is 45.2 Å². The number of thiazole rings is 1. The third-order valence-corrected chi connectivity index (χ3v) is 4.42. The number of hydrogen-bond acceptors (Lipinski definition) is 4. The summed E-state index contributed by atoms with van der Waals surface area (Å²) in [5.74, 6) is 0.178. The molecule has 3 rings (SSSR count). The maximum absolute atomic E-state index is 12.2. The summed E-state index contributed by atoms with van der Waals surface area (Å²) < 4.78 is 1.19. The first kappa shape index (κ1) is 12.6. The molecule has 2 aromatic rings. The number of nitrogens with zero attached hydrogens (tertiary/aromatic N) is 2. The van der Waals surface area contributed by atoms with Gasteiger partial charge in [-0.15, -0.1) is 11.3 Å². The number of carbonyl (C=O) groups excluding carboxylic acids is 1. The van der Waals surface area contributed by atoms with Gasteiger partial charge in [0.05, 0.1) is 22.8 Å². The monoisotopic (exact) mass is 275 g/mol. The van der Waals surface area contributed by atoms with Gasteiger partial charge >= 0.3 is 0 Å². The molecule has 100 valence electrons. The average Bonchev–Trinajstić information content (AvgIpc) is 2.76. The van der Waals surface area contributed by atoms with Crippen molar-refractivity contribution in [1.29, 1.82) is 0 Å². The molecule has 19 heavy (non-hydrogen) atoms. The van der Waals surface area contributed by atoms with Crippen LogP contribution < -0.4 is 5.32 Å². The maximum atomic E-state index is 12.2. The second-order valence-corrected chi connectivity index (χ2v) is 5.98. The van der Waals surface area contributed by atoms with Gasteiger partial charge in [-0.1, -0.05) is 12.1 Å². The van der Waals surface area contributed by atoms with E-state index in [1.807, 2.05) is 30.0 Å². The van der Waals surface area contributed by atoms with E-state index >= 15 is 0 Å². The summed E-state index contributed by atoms with van der Waals surface area (Å²) in [5, 5.41) is 4.25. The molecule has 1 aromatic carbocycles. The Labute approximate surface area is 116 Å². The molecule has 1 fully saturated rings. The maximum Gasteiger partial charge on any atom is 0.239 e. The highest BCUT2D eigenvalue weighted by Gasteiger charge is 2.23. The third kappa shape index (κ3) is 2.62. The fourth-order valence-corrected chi connectivity index (χ4v) is 3.35. The number of hydrogen-bond donors (Lipinski definition) is 1. The van der Waals surface area contributed by atoms with Crippen LogP contribution in [0.4, 0.5) is 0 Å². The highest BCUT2D eigenvalue weighted by atomic mass is 32.1. The van der Waals surface area contributed by atoms with Crippen molar-refractivity contribution in [2.75, 3.05) is 13.1 Å². The number of para-hydroxylation sites is 1. The Kier molecular flexibility index (Phi) is 3.48. The summed E-state index contributed by atoms with van der Waals surface area (Å²) in [6.07, 6.45) is 1.00. The minimum Gasteiger partial charge on any atom is -0.335 e. The van der Waals surface area contributed by atoms with Crippen LogP contribution in [0.3, 0.4) is 0 Å². The Bertz CT molecular complexity index is 562. The molecule has 1 aliphatic heterocycles. The third-order valence-electron chi connectivity index (χ3n) is 3.40. The van der Waals surface area contributed by atoms with E-state index in [0.717, 1.165) is 30.0 Å². The molecule has 1 atom stereocenters. The van der Waals surface area contributed by atoms with Gasteiger partial charge < -0.3 is 10.2 Å². The van der Waals surface area contributed by atoms with Gasteiger partial charge in [-0.05, 0) is 32.0 Å². The number of aromatic nitrogens is 1. The lowest BCUT2D eigenvalue weighted by molar-refractivity contribution is -0.132. The Morgan fingerprint density at radius 2 is 2.32 bits per heavy atom. The highest BCUT2D eigenvalue weighted by Crippen LogP contribution is 2.23. The molecule has 1 amide bonds. The van der Waals surface area contributed by atoms with Gasteiger partial charge in [0.25, 0.3) is 0 Å². The summed E-state index contributed by atoms with van der Waals surface area (Å²) in [7, 11) is 0. The molecule has 0 aliphatic carbocycles. The van der Waals surface area contributed by atoms with Gasteiger partial charge in [0.1, 0.15) is 5.01 Å². The van der Waals surface area contributed by atoms with Crippen molar-refractivity contribution in [3.63, 3.8) is 0 Å².